The average molecular weight is 307 g/mol. The summed E-state index contributed by atoms with van der Waals surface area (Å²) in [5.74, 6) is 2.46. The van der Waals surface area contributed by atoms with E-state index in [9.17, 15) is 0 Å². The predicted octanol–water partition coefficient (Wildman–Crippen LogP) is 5.10. The molecule has 0 radical (unpaired) electrons. The molecular formula is C17H23ClN2O. The molecule has 1 aromatic carbocycles. The lowest BCUT2D eigenvalue weighted by atomic mass is 9.85. The second kappa shape index (κ2) is 5.88. The van der Waals surface area contributed by atoms with Gasteiger partial charge < -0.3 is 9.30 Å². The van der Waals surface area contributed by atoms with Crippen molar-refractivity contribution in [2.45, 2.75) is 50.9 Å². The van der Waals surface area contributed by atoms with Gasteiger partial charge >= 0.3 is 0 Å². The fraction of sp³-hybridized carbons (Fsp3) is 0.588. The number of benzene rings is 1. The molecule has 21 heavy (non-hydrogen) atoms. The van der Waals surface area contributed by atoms with Crippen LogP contribution in [-0.2, 0) is 0 Å². The van der Waals surface area contributed by atoms with Crippen LogP contribution in [0.2, 0.25) is 0 Å². The molecule has 0 amide bonds. The Morgan fingerprint density at radius 2 is 2.10 bits per heavy atom. The molecule has 1 fully saturated rings. The number of fused-ring (bicyclic) bond motifs is 1. The second-order valence-electron chi connectivity index (χ2n) is 6.11. The van der Waals surface area contributed by atoms with Gasteiger partial charge in [0, 0.05) is 6.04 Å². The first-order valence-corrected chi connectivity index (χ1v) is 8.26. The number of aromatic nitrogens is 2. The molecule has 4 heteroatoms. The van der Waals surface area contributed by atoms with Gasteiger partial charge in [-0.3, -0.25) is 0 Å². The number of alkyl halides is 1. The van der Waals surface area contributed by atoms with E-state index in [1.54, 1.807) is 7.11 Å². The van der Waals surface area contributed by atoms with Crippen molar-refractivity contribution in [3.05, 3.63) is 24.0 Å². The molecule has 0 saturated heterocycles. The molecule has 1 saturated carbocycles. The zero-order chi connectivity index (χ0) is 15.0. The van der Waals surface area contributed by atoms with E-state index in [1.807, 2.05) is 19.1 Å². The van der Waals surface area contributed by atoms with Gasteiger partial charge in [0.15, 0.2) is 0 Å². The van der Waals surface area contributed by atoms with Crippen LogP contribution in [0.15, 0.2) is 18.2 Å². The minimum atomic E-state index is -0.101. The maximum atomic E-state index is 6.42. The summed E-state index contributed by atoms with van der Waals surface area (Å²) in [4.78, 5) is 4.80. The van der Waals surface area contributed by atoms with Gasteiger partial charge in [-0.2, -0.15) is 0 Å². The minimum Gasteiger partial charge on any atom is -0.494 e. The fourth-order valence-electron chi connectivity index (χ4n) is 3.58. The van der Waals surface area contributed by atoms with E-state index in [0.29, 0.717) is 12.0 Å². The summed E-state index contributed by atoms with van der Waals surface area (Å²) in [5, 5.41) is -0.101. The van der Waals surface area contributed by atoms with Crippen molar-refractivity contribution in [1.82, 2.24) is 9.55 Å². The Kier molecular flexibility index (Phi) is 4.12. The maximum absolute atomic E-state index is 6.42. The number of methoxy groups -OCH3 is 1. The zero-order valence-corrected chi connectivity index (χ0v) is 13.7. The summed E-state index contributed by atoms with van der Waals surface area (Å²) < 4.78 is 7.85. The topological polar surface area (TPSA) is 27.1 Å². The number of rotatable bonds is 3. The number of imidazole rings is 1. The van der Waals surface area contributed by atoms with Crippen molar-refractivity contribution in [3.8, 4) is 5.75 Å². The van der Waals surface area contributed by atoms with Crippen LogP contribution >= 0.6 is 11.6 Å². The van der Waals surface area contributed by atoms with Crippen molar-refractivity contribution in [2.24, 2.45) is 5.92 Å². The third-order valence-corrected chi connectivity index (χ3v) is 4.88. The smallest absolute Gasteiger partial charge is 0.146 e. The predicted molar refractivity (Wildman–Crippen MR) is 87.2 cm³/mol. The lowest BCUT2D eigenvalue weighted by Gasteiger charge is -2.32. The maximum Gasteiger partial charge on any atom is 0.146 e. The third-order valence-electron chi connectivity index (χ3n) is 4.68. The van der Waals surface area contributed by atoms with E-state index < -0.39 is 0 Å². The van der Waals surface area contributed by atoms with Crippen molar-refractivity contribution in [2.75, 3.05) is 7.11 Å². The summed E-state index contributed by atoms with van der Waals surface area (Å²) in [6.07, 6.45) is 5.11. The Balaban J connectivity index is 2.21. The summed E-state index contributed by atoms with van der Waals surface area (Å²) >= 11 is 6.42. The van der Waals surface area contributed by atoms with Crippen LogP contribution in [0.3, 0.4) is 0 Å². The van der Waals surface area contributed by atoms with Gasteiger partial charge in [-0.05, 0) is 37.8 Å². The molecule has 1 aromatic heterocycles. The Labute approximate surface area is 131 Å². The van der Waals surface area contributed by atoms with Crippen LogP contribution in [0.1, 0.15) is 56.8 Å². The van der Waals surface area contributed by atoms with Crippen molar-refractivity contribution in [1.29, 1.82) is 0 Å². The average Bonchev–Trinajstić information content (AvgIpc) is 2.87. The second-order valence-corrected chi connectivity index (χ2v) is 6.77. The van der Waals surface area contributed by atoms with Crippen molar-refractivity contribution in [3.63, 3.8) is 0 Å². The normalized spacial score (nSPS) is 24.2. The van der Waals surface area contributed by atoms with Gasteiger partial charge in [0.05, 0.1) is 18.0 Å². The van der Waals surface area contributed by atoms with E-state index in [1.165, 1.54) is 25.7 Å². The Bertz CT molecular complexity index is 635. The van der Waals surface area contributed by atoms with Crippen LogP contribution in [0.4, 0.5) is 0 Å². The van der Waals surface area contributed by atoms with Crippen LogP contribution < -0.4 is 4.74 Å². The largest absolute Gasteiger partial charge is 0.494 e. The molecule has 3 nitrogen and oxygen atoms in total. The minimum absolute atomic E-state index is 0.101. The lowest BCUT2D eigenvalue weighted by Crippen LogP contribution is -2.23. The zero-order valence-electron chi connectivity index (χ0n) is 13.0. The monoisotopic (exact) mass is 306 g/mol. The summed E-state index contributed by atoms with van der Waals surface area (Å²) in [5.41, 5.74) is 2.08. The lowest BCUT2D eigenvalue weighted by molar-refractivity contribution is 0.257. The van der Waals surface area contributed by atoms with E-state index in [4.69, 9.17) is 21.3 Å². The molecular weight excluding hydrogens is 284 g/mol. The van der Waals surface area contributed by atoms with Gasteiger partial charge in [-0.1, -0.05) is 25.8 Å². The number of halogens is 1. The van der Waals surface area contributed by atoms with E-state index >= 15 is 0 Å². The number of para-hydroxylation sites is 1. The fourth-order valence-corrected chi connectivity index (χ4v) is 3.74. The van der Waals surface area contributed by atoms with Crippen LogP contribution in [0.25, 0.3) is 11.0 Å². The molecule has 2 aromatic rings. The Hall–Kier alpha value is -1.22. The molecule has 0 bridgehead atoms. The molecule has 0 spiro atoms. The van der Waals surface area contributed by atoms with Crippen LogP contribution in [-0.4, -0.2) is 16.7 Å². The molecule has 0 N–H and O–H groups in total. The van der Waals surface area contributed by atoms with Gasteiger partial charge in [0.25, 0.3) is 0 Å². The first kappa shape index (κ1) is 14.7. The standard InChI is InChI=1S/C17H23ClN2O/c1-11-7-4-5-8-13(11)20-14-9-6-10-15(21-3)16(14)19-17(20)12(2)18/h6,9-13H,4-5,7-8H2,1-3H3. The van der Waals surface area contributed by atoms with E-state index in [-0.39, 0.29) is 5.38 Å². The van der Waals surface area contributed by atoms with Crippen molar-refractivity contribution < 1.29 is 4.74 Å². The Morgan fingerprint density at radius 3 is 2.76 bits per heavy atom. The molecule has 1 aliphatic rings. The molecule has 1 heterocycles. The van der Waals surface area contributed by atoms with E-state index in [2.05, 4.69) is 17.6 Å². The number of hydrogen-bond donors (Lipinski definition) is 0. The summed E-state index contributed by atoms with van der Waals surface area (Å²) in [6.45, 7) is 4.34. The quantitative estimate of drug-likeness (QED) is 0.738. The first-order valence-electron chi connectivity index (χ1n) is 7.82. The highest BCUT2D eigenvalue weighted by Crippen LogP contribution is 2.40. The van der Waals surface area contributed by atoms with Gasteiger partial charge in [0.2, 0.25) is 0 Å². The molecule has 114 valence electrons. The van der Waals surface area contributed by atoms with Gasteiger partial charge in [-0.25, -0.2) is 4.98 Å². The van der Waals surface area contributed by atoms with E-state index in [0.717, 1.165) is 22.6 Å². The third kappa shape index (κ3) is 2.52. The molecule has 3 rings (SSSR count). The number of ether oxygens (including phenoxy) is 1. The first-order chi connectivity index (χ1) is 10.1. The summed E-state index contributed by atoms with van der Waals surface area (Å²) in [6, 6.07) is 6.63. The summed E-state index contributed by atoms with van der Waals surface area (Å²) in [7, 11) is 1.70. The highest BCUT2D eigenvalue weighted by molar-refractivity contribution is 6.20. The highest BCUT2D eigenvalue weighted by atomic mass is 35.5. The van der Waals surface area contributed by atoms with Gasteiger partial charge in [0.1, 0.15) is 17.1 Å². The highest BCUT2D eigenvalue weighted by Gasteiger charge is 2.28. The van der Waals surface area contributed by atoms with Crippen LogP contribution in [0, 0.1) is 5.92 Å². The number of nitrogens with zero attached hydrogens (tertiary/aromatic N) is 2. The van der Waals surface area contributed by atoms with Crippen LogP contribution in [0.5, 0.6) is 5.75 Å². The van der Waals surface area contributed by atoms with Gasteiger partial charge in [-0.15, -0.1) is 11.6 Å². The number of hydrogen-bond acceptors (Lipinski definition) is 2. The molecule has 0 aliphatic heterocycles. The molecule has 3 unspecified atom stereocenters. The SMILES string of the molecule is COc1cccc2c1nc(C(C)Cl)n2C1CCCCC1C. The molecule has 1 aliphatic carbocycles. The van der Waals surface area contributed by atoms with Crippen molar-refractivity contribution >= 4 is 22.6 Å². The molecule has 3 atom stereocenters. The Morgan fingerprint density at radius 1 is 1.33 bits per heavy atom.